The zero-order valence-electron chi connectivity index (χ0n) is 1.91. The van der Waals surface area contributed by atoms with Gasteiger partial charge < -0.3 is 0 Å². The van der Waals surface area contributed by atoms with E-state index in [1.165, 1.54) is 0 Å². The van der Waals surface area contributed by atoms with Gasteiger partial charge in [0.05, 0.1) is 0 Å². The third-order valence-corrected chi connectivity index (χ3v) is 0. The third-order valence-electron chi connectivity index (χ3n) is 0. The van der Waals surface area contributed by atoms with Gasteiger partial charge in [0.2, 0.25) is 0 Å². The second-order valence-electron chi connectivity index (χ2n) is 0. The molecule has 0 saturated carbocycles. The second kappa shape index (κ2) is 23.0. The van der Waals surface area contributed by atoms with Crippen molar-refractivity contribution in [1.29, 1.82) is 0 Å². The van der Waals surface area contributed by atoms with Gasteiger partial charge in [-0.1, -0.05) is 0 Å². The van der Waals surface area contributed by atoms with Gasteiger partial charge in [0.1, 0.15) is 0 Å². The summed E-state index contributed by atoms with van der Waals surface area (Å²) in [5, 5.41) is 0. The first kappa shape index (κ1) is 45.4. The van der Waals surface area contributed by atoms with Crippen LogP contribution in [0.3, 0.4) is 0 Å². The van der Waals surface area contributed by atoms with Crippen LogP contribution in [0.5, 0.6) is 0 Å². The first-order valence-corrected chi connectivity index (χ1v) is 0. The minimum Gasteiger partial charge on any atom is -0.197 e. The molecular formula is H2GeSSeSi. The minimum absolute atomic E-state index is 0. The summed E-state index contributed by atoms with van der Waals surface area (Å²) in [7, 11) is 0. The molecule has 0 aliphatic carbocycles. The van der Waals surface area contributed by atoms with E-state index in [1.54, 1.807) is 0 Å². The van der Waals surface area contributed by atoms with Crippen molar-refractivity contribution < 1.29 is 0 Å². The van der Waals surface area contributed by atoms with Crippen LogP contribution in [-0.2, 0) is 0 Å². The van der Waals surface area contributed by atoms with E-state index in [1.807, 2.05) is 0 Å². The molecule has 0 nitrogen and oxygen atoms in total. The summed E-state index contributed by atoms with van der Waals surface area (Å²) in [6, 6.07) is 0. The molecule has 0 fully saturated rings. The van der Waals surface area contributed by atoms with E-state index in [2.05, 4.69) is 0 Å². The zero-order valence-corrected chi connectivity index (χ0v) is 7.72. The molecule has 0 atom stereocenters. The Morgan fingerprint density at radius 2 is 1.00 bits per heavy atom. The summed E-state index contributed by atoms with van der Waals surface area (Å²) in [6.07, 6.45) is 0. The molecule has 0 unspecified atom stereocenters. The molecule has 0 rings (SSSR count). The maximum Gasteiger partial charge on any atom is 0 e. The smallest absolute Gasteiger partial charge is 0 e. The zero-order chi connectivity index (χ0) is 0. The van der Waals surface area contributed by atoms with Gasteiger partial charge in [0.25, 0.3) is 0 Å². The fraction of sp³-hybridized carbons (Fsp3) is 0. The summed E-state index contributed by atoms with van der Waals surface area (Å²) in [5.41, 5.74) is 0. The van der Waals surface area contributed by atoms with Crippen molar-refractivity contribution >= 4 is 59.1 Å². The first-order valence-electron chi connectivity index (χ1n) is 0. The normalized spacial score (nSPS) is 0. The molecular weight excluding hydrogens is 212 g/mol. The molecule has 0 aliphatic heterocycles. The van der Waals surface area contributed by atoms with Crippen LogP contribution in [0.4, 0.5) is 0 Å². The van der Waals surface area contributed by atoms with E-state index in [9.17, 15) is 0 Å². The fourth-order valence-corrected chi connectivity index (χ4v) is 0. The van der Waals surface area contributed by atoms with Gasteiger partial charge in [0, 0.05) is 45.6 Å². The van der Waals surface area contributed by atoms with Crippen molar-refractivity contribution in [2.24, 2.45) is 0 Å². The van der Waals surface area contributed by atoms with Gasteiger partial charge in [-0.15, -0.1) is 0 Å². The standard InChI is InChI=1S/Ge.H2S.Se.Si/h;1H2;;. The molecule has 0 bridgehead atoms. The van der Waals surface area contributed by atoms with E-state index in [0.717, 1.165) is 0 Å². The molecule has 4 heteroatoms. The van der Waals surface area contributed by atoms with Crippen LogP contribution >= 0.6 is 13.5 Å². The molecule has 0 aromatic heterocycles. The summed E-state index contributed by atoms with van der Waals surface area (Å²) >= 11 is 0. The molecule has 0 heterocycles. The van der Waals surface area contributed by atoms with Gasteiger partial charge in [0.15, 0.2) is 0 Å². The van der Waals surface area contributed by atoms with Crippen LogP contribution in [0.2, 0.25) is 0 Å². The minimum atomic E-state index is 0. The fourth-order valence-electron chi connectivity index (χ4n) is 0. The summed E-state index contributed by atoms with van der Waals surface area (Å²) < 4.78 is 0. The Bertz CT molecular complexity index is 8.00. The van der Waals surface area contributed by atoms with Crippen molar-refractivity contribution in [3.8, 4) is 0 Å². The first-order chi connectivity index (χ1) is 0. The van der Waals surface area contributed by atoms with E-state index in [4.69, 9.17) is 0 Å². The maximum absolute atomic E-state index is 0. The van der Waals surface area contributed by atoms with E-state index in [0.29, 0.717) is 0 Å². The van der Waals surface area contributed by atoms with Crippen molar-refractivity contribution in [3.63, 3.8) is 0 Å². The molecule has 22 valence electrons. The second-order valence-corrected chi connectivity index (χ2v) is 0. The van der Waals surface area contributed by atoms with Crippen molar-refractivity contribution in [2.45, 2.75) is 0 Å². The quantitative estimate of drug-likeness (QED) is 0.452. The SMILES string of the molecule is S.[Ge].[Se].[Si]. The largest absolute Gasteiger partial charge is 0.197 e. The van der Waals surface area contributed by atoms with Crippen molar-refractivity contribution in [2.75, 3.05) is 0 Å². The van der Waals surface area contributed by atoms with Crippen LogP contribution in [0.15, 0.2) is 0 Å². The number of hydrogen-bond acceptors (Lipinski definition) is 0. The van der Waals surface area contributed by atoms with Crippen molar-refractivity contribution in [1.82, 2.24) is 0 Å². The van der Waals surface area contributed by atoms with Crippen LogP contribution in [0, 0.1) is 0 Å². The van der Waals surface area contributed by atoms with Crippen molar-refractivity contribution in [3.05, 3.63) is 0 Å². The summed E-state index contributed by atoms with van der Waals surface area (Å²) in [5.74, 6) is 0. The number of hydrogen-bond donors (Lipinski definition) is 0. The van der Waals surface area contributed by atoms with E-state index >= 15 is 0 Å². The van der Waals surface area contributed by atoms with Gasteiger partial charge in [-0.05, 0) is 0 Å². The Morgan fingerprint density at radius 3 is 1.00 bits per heavy atom. The van der Waals surface area contributed by atoms with Crippen LogP contribution in [-0.4, -0.2) is 45.6 Å². The molecule has 0 aliphatic rings. The Hall–Kier alpha value is 1.63. The van der Waals surface area contributed by atoms with Gasteiger partial charge in [-0.25, -0.2) is 0 Å². The van der Waals surface area contributed by atoms with Gasteiger partial charge in [-0.3, -0.25) is 0 Å². The molecule has 0 spiro atoms. The van der Waals surface area contributed by atoms with Crippen LogP contribution < -0.4 is 0 Å². The average Bonchev–Trinajstić information content (AvgIpc) is 0. The average molecular weight is 214 g/mol. The Morgan fingerprint density at radius 1 is 1.00 bits per heavy atom. The molecule has 0 saturated heterocycles. The maximum atomic E-state index is 0. The summed E-state index contributed by atoms with van der Waals surface area (Å²) in [6.45, 7) is 0. The Balaban J connectivity index is 0. The molecule has 4 heavy (non-hydrogen) atoms. The predicted molar refractivity (Wildman–Crippen MR) is 27.6 cm³/mol. The molecule has 0 aromatic rings. The van der Waals surface area contributed by atoms with Crippen LogP contribution in [0.25, 0.3) is 0 Å². The third kappa shape index (κ3) is 9.45. The molecule has 0 aromatic carbocycles. The Labute approximate surface area is 59.0 Å². The Kier molecular flexibility index (Phi) is 261. The monoisotopic (exact) mass is 216 g/mol. The van der Waals surface area contributed by atoms with Gasteiger partial charge >= 0.3 is 0 Å². The predicted octanol–water partition coefficient (Wildman–Crippen LogP) is -1.03. The number of rotatable bonds is 0. The molecule has 0 N–H and O–H groups in total. The van der Waals surface area contributed by atoms with E-state index in [-0.39, 0.29) is 59.1 Å². The molecule has 0 amide bonds. The van der Waals surface area contributed by atoms with E-state index < -0.39 is 0 Å². The van der Waals surface area contributed by atoms with Crippen LogP contribution in [0.1, 0.15) is 0 Å². The van der Waals surface area contributed by atoms with Gasteiger partial charge in [-0.2, -0.15) is 13.5 Å². The summed E-state index contributed by atoms with van der Waals surface area (Å²) in [4.78, 5) is 0. The molecule has 10 radical (unpaired) electrons. The topological polar surface area (TPSA) is 0 Å².